The van der Waals surface area contributed by atoms with Gasteiger partial charge in [-0.15, -0.1) is 0 Å². The summed E-state index contributed by atoms with van der Waals surface area (Å²) < 4.78 is 17.6. The van der Waals surface area contributed by atoms with Crippen molar-refractivity contribution in [1.82, 2.24) is 9.97 Å². The minimum atomic E-state index is -0.0432. The van der Waals surface area contributed by atoms with E-state index in [9.17, 15) is 5.11 Å². The molecule has 168 valence electrons. The molecule has 6 heteroatoms. The molecule has 0 aliphatic carbocycles. The number of ether oxygens (including phenoxy) is 1. The van der Waals surface area contributed by atoms with Gasteiger partial charge in [-0.25, -0.2) is 9.97 Å². The molecular formula is C28H22N2O4. The summed E-state index contributed by atoms with van der Waals surface area (Å²) in [6.45, 7) is 4.15. The first kappa shape index (κ1) is 20.4. The second-order valence-corrected chi connectivity index (χ2v) is 8.47. The van der Waals surface area contributed by atoms with Gasteiger partial charge in [0.1, 0.15) is 16.8 Å². The minimum absolute atomic E-state index is 0.0432. The van der Waals surface area contributed by atoms with Crippen LogP contribution in [0.4, 0.5) is 0 Å². The van der Waals surface area contributed by atoms with Gasteiger partial charge in [-0.2, -0.15) is 0 Å². The van der Waals surface area contributed by atoms with Gasteiger partial charge in [-0.05, 0) is 77.7 Å². The summed E-state index contributed by atoms with van der Waals surface area (Å²) in [5.74, 6) is 1.81. The van der Waals surface area contributed by atoms with Gasteiger partial charge in [0.05, 0.1) is 13.7 Å². The predicted molar refractivity (Wildman–Crippen MR) is 132 cm³/mol. The Kier molecular flexibility index (Phi) is 4.64. The highest BCUT2D eigenvalue weighted by molar-refractivity contribution is 6.04. The van der Waals surface area contributed by atoms with Crippen LogP contribution in [-0.4, -0.2) is 22.2 Å². The van der Waals surface area contributed by atoms with Crippen molar-refractivity contribution in [3.63, 3.8) is 0 Å². The van der Waals surface area contributed by atoms with Crippen molar-refractivity contribution in [2.45, 2.75) is 20.5 Å². The topological polar surface area (TPSA) is 81.5 Å². The average molecular weight is 450 g/mol. The number of nitrogens with zero attached hydrogens (tertiary/aromatic N) is 2. The van der Waals surface area contributed by atoms with Crippen LogP contribution >= 0.6 is 0 Å². The Hall–Kier alpha value is -4.16. The number of methoxy groups -OCH3 is 1. The third-order valence-electron chi connectivity index (χ3n) is 6.32. The van der Waals surface area contributed by atoms with Crippen LogP contribution in [0.5, 0.6) is 5.75 Å². The predicted octanol–water partition coefficient (Wildman–Crippen LogP) is 6.57. The van der Waals surface area contributed by atoms with E-state index in [0.717, 1.165) is 44.2 Å². The first-order valence-corrected chi connectivity index (χ1v) is 11.0. The lowest BCUT2D eigenvalue weighted by atomic mass is 9.95. The van der Waals surface area contributed by atoms with Crippen LogP contribution < -0.4 is 4.74 Å². The van der Waals surface area contributed by atoms with E-state index in [2.05, 4.69) is 26.0 Å². The zero-order valence-corrected chi connectivity index (χ0v) is 19.0. The van der Waals surface area contributed by atoms with Gasteiger partial charge in [0.2, 0.25) is 11.8 Å². The van der Waals surface area contributed by atoms with E-state index in [1.165, 1.54) is 11.1 Å². The number of aliphatic hydroxyl groups excluding tert-OH is 1. The number of aliphatic hydroxyl groups is 1. The molecular weight excluding hydrogens is 428 g/mol. The van der Waals surface area contributed by atoms with Crippen LogP contribution in [-0.2, 0) is 6.61 Å². The number of aryl methyl sites for hydroxylation is 2. The van der Waals surface area contributed by atoms with E-state index in [1.807, 2.05) is 48.5 Å². The molecule has 0 unspecified atom stereocenters. The molecule has 0 amide bonds. The van der Waals surface area contributed by atoms with E-state index < -0.39 is 0 Å². The van der Waals surface area contributed by atoms with Crippen LogP contribution in [0.25, 0.3) is 55.9 Å². The largest absolute Gasteiger partial charge is 0.497 e. The lowest BCUT2D eigenvalue weighted by Gasteiger charge is -2.10. The van der Waals surface area contributed by atoms with Gasteiger partial charge in [0, 0.05) is 17.2 Å². The summed E-state index contributed by atoms with van der Waals surface area (Å²) in [5.41, 5.74) is 7.77. The Morgan fingerprint density at radius 2 is 1.29 bits per heavy atom. The fourth-order valence-electron chi connectivity index (χ4n) is 4.31. The molecule has 0 saturated heterocycles. The lowest BCUT2D eigenvalue weighted by molar-refractivity contribution is 0.282. The molecule has 6 nitrogen and oxygen atoms in total. The lowest BCUT2D eigenvalue weighted by Crippen LogP contribution is -1.90. The number of aromatic nitrogens is 2. The number of oxazole rings is 2. The second-order valence-electron chi connectivity index (χ2n) is 8.47. The molecule has 1 N–H and O–H groups in total. The molecule has 6 rings (SSSR count). The Labute approximate surface area is 195 Å². The van der Waals surface area contributed by atoms with Crippen molar-refractivity contribution in [2.75, 3.05) is 7.11 Å². The zero-order chi connectivity index (χ0) is 23.4. The van der Waals surface area contributed by atoms with Gasteiger partial charge in [-0.3, -0.25) is 0 Å². The van der Waals surface area contributed by atoms with Crippen molar-refractivity contribution in [2.24, 2.45) is 0 Å². The monoisotopic (exact) mass is 450 g/mol. The van der Waals surface area contributed by atoms with Crippen molar-refractivity contribution in [1.29, 1.82) is 0 Å². The van der Waals surface area contributed by atoms with Crippen molar-refractivity contribution >= 4 is 33.0 Å². The molecule has 0 bridgehead atoms. The van der Waals surface area contributed by atoms with Gasteiger partial charge >= 0.3 is 0 Å². The molecule has 6 aromatic rings. The average Bonchev–Trinajstić information content (AvgIpc) is 3.47. The quantitative estimate of drug-likeness (QED) is 0.327. The van der Waals surface area contributed by atoms with Crippen LogP contribution in [0.1, 0.15) is 16.7 Å². The zero-order valence-electron chi connectivity index (χ0n) is 19.0. The molecule has 0 saturated carbocycles. The Morgan fingerprint density at radius 1 is 0.735 bits per heavy atom. The molecule has 2 heterocycles. The van der Waals surface area contributed by atoms with Gasteiger partial charge in [-0.1, -0.05) is 18.2 Å². The minimum Gasteiger partial charge on any atom is -0.497 e. The standard InChI is InChI=1S/C28H22N2O4/c1-15-10-21-19(27-29-23-8-4-17(14-31)12-25(23)33-27)6-7-20(22(21)11-16(15)2)28-30-24-9-5-18(32-3)13-26(24)34-28/h4-13,31H,14H2,1-3H3. The van der Waals surface area contributed by atoms with E-state index in [0.29, 0.717) is 22.9 Å². The molecule has 2 aromatic heterocycles. The first-order valence-electron chi connectivity index (χ1n) is 11.0. The first-order chi connectivity index (χ1) is 16.5. The molecule has 34 heavy (non-hydrogen) atoms. The van der Waals surface area contributed by atoms with Crippen LogP contribution in [0, 0.1) is 13.8 Å². The Balaban J connectivity index is 1.57. The molecule has 0 aliphatic heterocycles. The van der Waals surface area contributed by atoms with Crippen LogP contribution in [0.15, 0.2) is 69.5 Å². The third-order valence-corrected chi connectivity index (χ3v) is 6.32. The number of rotatable bonds is 4. The van der Waals surface area contributed by atoms with E-state index in [4.69, 9.17) is 23.5 Å². The van der Waals surface area contributed by atoms with Crippen molar-refractivity contribution in [3.8, 4) is 28.7 Å². The number of fused-ring (bicyclic) bond motifs is 3. The summed E-state index contributed by atoms with van der Waals surface area (Å²) in [5, 5.41) is 11.5. The summed E-state index contributed by atoms with van der Waals surface area (Å²) in [6.07, 6.45) is 0. The van der Waals surface area contributed by atoms with Crippen molar-refractivity contribution in [3.05, 3.63) is 77.4 Å². The fraction of sp³-hybridized carbons (Fsp3) is 0.143. The fourth-order valence-corrected chi connectivity index (χ4v) is 4.31. The van der Waals surface area contributed by atoms with Gasteiger partial charge < -0.3 is 18.7 Å². The molecule has 0 aliphatic rings. The van der Waals surface area contributed by atoms with E-state index in [1.54, 1.807) is 7.11 Å². The summed E-state index contributed by atoms with van der Waals surface area (Å²) >= 11 is 0. The highest BCUT2D eigenvalue weighted by Crippen LogP contribution is 2.38. The van der Waals surface area contributed by atoms with Crippen LogP contribution in [0.3, 0.4) is 0 Å². The highest BCUT2D eigenvalue weighted by Gasteiger charge is 2.18. The van der Waals surface area contributed by atoms with E-state index in [-0.39, 0.29) is 6.61 Å². The normalized spacial score (nSPS) is 11.6. The molecule has 0 radical (unpaired) electrons. The van der Waals surface area contributed by atoms with E-state index >= 15 is 0 Å². The maximum absolute atomic E-state index is 9.46. The third kappa shape index (κ3) is 3.23. The summed E-state index contributed by atoms with van der Waals surface area (Å²) in [6, 6.07) is 19.5. The Morgan fingerprint density at radius 3 is 1.85 bits per heavy atom. The highest BCUT2D eigenvalue weighted by atomic mass is 16.5. The maximum atomic E-state index is 9.46. The number of hydrogen-bond donors (Lipinski definition) is 1. The van der Waals surface area contributed by atoms with Crippen molar-refractivity contribution < 1.29 is 18.7 Å². The van der Waals surface area contributed by atoms with Gasteiger partial charge in [0.15, 0.2) is 11.2 Å². The molecule has 0 atom stereocenters. The number of hydrogen-bond acceptors (Lipinski definition) is 6. The molecule has 0 spiro atoms. The SMILES string of the molecule is COc1ccc2nc(-c3ccc(-c4nc5ccc(CO)cc5o4)c4cc(C)c(C)cc34)oc2c1. The summed E-state index contributed by atoms with van der Waals surface area (Å²) in [7, 11) is 1.63. The smallest absolute Gasteiger partial charge is 0.227 e. The second kappa shape index (κ2) is 7.71. The Bertz CT molecular complexity index is 1580. The van der Waals surface area contributed by atoms with Gasteiger partial charge in [0.25, 0.3) is 0 Å². The molecule has 4 aromatic carbocycles. The van der Waals surface area contributed by atoms with Crippen LogP contribution in [0.2, 0.25) is 0 Å². The maximum Gasteiger partial charge on any atom is 0.227 e. The summed E-state index contributed by atoms with van der Waals surface area (Å²) in [4.78, 5) is 9.45. The number of benzene rings is 4. The molecule has 0 fully saturated rings.